The summed E-state index contributed by atoms with van der Waals surface area (Å²) in [5, 5.41) is 1.06. The smallest absolute Gasteiger partial charge is 0.410 e. The van der Waals surface area contributed by atoms with Crippen LogP contribution in [0.5, 0.6) is 0 Å². The van der Waals surface area contributed by atoms with Crippen molar-refractivity contribution in [2.45, 2.75) is 32.8 Å². The maximum atomic E-state index is 12.1. The minimum absolute atomic E-state index is 0.243. The van der Waals surface area contributed by atoms with E-state index in [1.165, 1.54) is 10.3 Å². The minimum Gasteiger partial charge on any atom is -0.444 e. The van der Waals surface area contributed by atoms with Crippen LogP contribution in [0.2, 0.25) is 0 Å². The Hall–Kier alpha value is -1.88. The van der Waals surface area contributed by atoms with E-state index in [-0.39, 0.29) is 6.09 Å². The van der Waals surface area contributed by atoms with Gasteiger partial charge in [0.25, 0.3) is 0 Å². The lowest BCUT2D eigenvalue weighted by Crippen LogP contribution is -2.39. The first kappa shape index (κ1) is 15.0. The van der Waals surface area contributed by atoms with Crippen LogP contribution < -0.4 is 0 Å². The molecular weight excluding hydrogens is 296 g/mol. The lowest BCUT2D eigenvalue weighted by atomic mass is 10.1. The second kappa shape index (κ2) is 5.72. The van der Waals surface area contributed by atoms with Gasteiger partial charge in [-0.1, -0.05) is 18.2 Å². The van der Waals surface area contributed by atoms with Crippen molar-refractivity contribution in [2.24, 2.45) is 0 Å². The van der Waals surface area contributed by atoms with E-state index in [1.54, 1.807) is 16.2 Å². The Morgan fingerprint density at radius 2 is 2.09 bits per heavy atom. The quantitative estimate of drug-likeness (QED) is 0.787. The molecule has 5 heteroatoms. The Balaban J connectivity index is 1.72. The summed E-state index contributed by atoms with van der Waals surface area (Å²) in [6.45, 7) is 6.92. The predicted molar refractivity (Wildman–Crippen MR) is 90.0 cm³/mol. The highest BCUT2D eigenvalue weighted by Crippen LogP contribution is 2.30. The average molecular weight is 316 g/mol. The number of hydrogen-bond donors (Lipinski definition) is 0. The Labute approximate surface area is 134 Å². The molecule has 0 atom stereocenters. The van der Waals surface area contributed by atoms with E-state index in [1.807, 2.05) is 39.0 Å². The van der Waals surface area contributed by atoms with Gasteiger partial charge in [-0.2, -0.15) is 0 Å². The summed E-state index contributed by atoms with van der Waals surface area (Å²) in [6.07, 6.45) is 2.66. The van der Waals surface area contributed by atoms with Gasteiger partial charge in [0.2, 0.25) is 0 Å². The number of carbonyl (C=O) groups excluding carboxylic acids is 1. The lowest BCUT2D eigenvalue weighted by molar-refractivity contribution is 0.0270. The molecular formula is C17H20N2O2S. The van der Waals surface area contributed by atoms with E-state index in [4.69, 9.17) is 4.74 Å². The Morgan fingerprint density at radius 1 is 1.32 bits per heavy atom. The summed E-state index contributed by atoms with van der Waals surface area (Å²) in [5.41, 5.74) is 1.81. The molecule has 0 fully saturated rings. The fourth-order valence-electron chi connectivity index (χ4n) is 2.37. The number of carbonyl (C=O) groups is 1. The highest BCUT2D eigenvalue weighted by Gasteiger charge is 2.24. The molecule has 0 saturated heterocycles. The summed E-state index contributed by atoms with van der Waals surface area (Å²) in [7, 11) is 0. The van der Waals surface area contributed by atoms with E-state index in [0.29, 0.717) is 13.1 Å². The second-order valence-electron chi connectivity index (χ2n) is 6.39. The van der Waals surface area contributed by atoms with Crippen LogP contribution in [0.4, 0.5) is 4.79 Å². The minimum atomic E-state index is -0.450. The SMILES string of the molecule is CC(C)(C)OC(=O)N1CC=C(c2nc3ccccc3s2)CC1. The van der Waals surface area contributed by atoms with Crippen LogP contribution in [0.15, 0.2) is 30.3 Å². The number of hydrogen-bond acceptors (Lipinski definition) is 4. The van der Waals surface area contributed by atoms with E-state index in [9.17, 15) is 4.79 Å². The number of fused-ring (bicyclic) bond motifs is 1. The van der Waals surface area contributed by atoms with E-state index in [0.717, 1.165) is 16.9 Å². The number of amides is 1. The number of benzene rings is 1. The largest absolute Gasteiger partial charge is 0.444 e. The lowest BCUT2D eigenvalue weighted by Gasteiger charge is -2.29. The van der Waals surface area contributed by atoms with Crippen LogP contribution in [0, 0.1) is 0 Å². The molecule has 0 saturated carbocycles. The molecule has 1 aliphatic rings. The van der Waals surface area contributed by atoms with Crippen LogP contribution >= 0.6 is 11.3 Å². The Kier molecular flexibility index (Phi) is 3.91. The molecule has 1 aromatic carbocycles. The van der Waals surface area contributed by atoms with Crippen LogP contribution in [-0.2, 0) is 4.74 Å². The molecule has 1 aromatic heterocycles. The summed E-state index contributed by atoms with van der Waals surface area (Å²) in [5.74, 6) is 0. The first-order valence-corrected chi connectivity index (χ1v) is 8.27. The highest BCUT2D eigenvalue weighted by atomic mass is 32.1. The van der Waals surface area contributed by atoms with Crippen molar-refractivity contribution in [3.05, 3.63) is 35.3 Å². The highest BCUT2D eigenvalue weighted by molar-refractivity contribution is 7.19. The number of aromatic nitrogens is 1. The molecule has 0 aliphatic carbocycles. The number of ether oxygens (including phenoxy) is 1. The number of rotatable bonds is 1. The van der Waals surface area contributed by atoms with E-state index in [2.05, 4.69) is 17.1 Å². The first-order chi connectivity index (χ1) is 10.4. The van der Waals surface area contributed by atoms with Crippen molar-refractivity contribution in [3.63, 3.8) is 0 Å². The molecule has 0 unspecified atom stereocenters. The summed E-state index contributed by atoms with van der Waals surface area (Å²) in [6, 6.07) is 8.16. The van der Waals surface area contributed by atoms with Gasteiger partial charge in [-0.15, -0.1) is 11.3 Å². The number of thiazole rings is 1. The maximum Gasteiger partial charge on any atom is 0.410 e. The van der Waals surface area contributed by atoms with Crippen molar-refractivity contribution >= 4 is 33.2 Å². The van der Waals surface area contributed by atoms with Crippen molar-refractivity contribution < 1.29 is 9.53 Å². The normalized spacial score (nSPS) is 15.8. The monoisotopic (exact) mass is 316 g/mol. The van der Waals surface area contributed by atoms with Crippen LogP contribution in [0.1, 0.15) is 32.2 Å². The summed E-state index contributed by atoms with van der Waals surface area (Å²) in [4.78, 5) is 18.5. The van der Waals surface area contributed by atoms with Gasteiger partial charge in [0.05, 0.1) is 10.2 Å². The molecule has 0 radical (unpaired) electrons. The fraction of sp³-hybridized carbons (Fsp3) is 0.412. The molecule has 0 bridgehead atoms. The maximum absolute atomic E-state index is 12.1. The van der Waals surface area contributed by atoms with Gasteiger partial charge in [0.1, 0.15) is 10.6 Å². The third kappa shape index (κ3) is 3.30. The third-order valence-electron chi connectivity index (χ3n) is 3.43. The molecule has 116 valence electrons. The third-order valence-corrected chi connectivity index (χ3v) is 4.54. The van der Waals surface area contributed by atoms with Gasteiger partial charge < -0.3 is 9.64 Å². The van der Waals surface area contributed by atoms with E-state index < -0.39 is 5.60 Å². The molecule has 2 aromatic rings. The van der Waals surface area contributed by atoms with Crippen LogP contribution in [0.3, 0.4) is 0 Å². The number of nitrogens with zero attached hydrogens (tertiary/aromatic N) is 2. The van der Waals surface area contributed by atoms with Crippen LogP contribution in [0.25, 0.3) is 15.8 Å². The summed E-state index contributed by atoms with van der Waals surface area (Å²) >= 11 is 1.71. The second-order valence-corrected chi connectivity index (χ2v) is 7.42. The van der Waals surface area contributed by atoms with Crippen molar-refractivity contribution in [1.29, 1.82) is 0 Å². The van der Waals surface area contributed by atoms with Crippen molar-refractivity contribution in [1.82, 2.24) is 9.88 Å². The fourth-order valence-corrected chi connectivity index (χ4v) is 3.40. The zero-order chi connectivity index (χ0) is 15.7. The predicted octanol–water partition coefficient (Wildman–Crippen LogP) is 4.32. The number of para-hydroxylation sites is 1. The zero-order valence-corrected chi connectivity index (χ0v) is 13.9. The van der Waals surface area contributed by atoms with Crippen LogP contribution in [-0.4, -0.2) is 34.7 Å². The van der Waals surface area contributed by atoms with Gasteiger partial charge >= 0.3 is 6.09 Å². The molecule has 22 heavy (non-hydrogen) atoms. The van der Waals surface area contributed by atoms with Crippen molar-refractivity contribution in [3.8, 4) is 0 Å². The van der Waals surface area contributed by atoms with Gasteiger partial charge in [0, 0.05) is 13.1 Å². The van der Waals surface area contributed by atoms with Gasteiger partial charge in [-0.05, 0) is 44.9 Å². The molecule has 0 N–H and O–H groups in total. The molecule has 3 rings (SSSR count). The van der Waals surface area contributed by atoms with Gasteiger partial charge in [-0.3, -0.25) is 0 Å². The molecule has 4 nitrogen and oxygen atoms in total. The van der Waals surface area contributed by atoms with Crippen molar-refractivity contribution in [2.75, 3.05) is 13.1 Å². The molecule has 1 amide bonds. The Bertz CT molecular complexity index is 695. The molecule has 0 spiro atoms. The average Bonchev–Trinajstić information content (AvgIpc) is 2.89. The summed E-state index contributed by atoms with van der Waals surface area (Å²) < 4.78 is 6.61. The zero-order valence-electron chi connectivity index (χ0n) is 13.1. The van der Waals surface area contributed by atoms with Gasteiger partial charge in [-0.25, -0.2) is 9.78 Å². The molecule has 2 heterocycles. The Morgan fingerprint density at radius 3 is 2.73 bits per heavy atom. The first-order valence-electron chi connectivity index (χ1n) is 7.45. The molecule has 1 aliphatic heterocycles. The van der Waals surface area contributed by atoms with E-state index >= 15 is 0 Å². The van der Waals surface area contributed by atoms with Gasteiger partial charge in [0.15, 0.2) is 0 Å². The topological polar surface area (TPSA) is 42.4 Å². The standard InChI is InChI=1S/C17H20N2O2S/c1-17(2,3)21-16(20)19-10-8-12(9-11-19)15-18-13-6-4-5-7-14(13)22-15/h4-8H,9-11H2,1-3H3.